The molecule has 0 heterocycles. The summed E-state index contributed by atoms with van der Waals surface area (Å²) in [4.78, 5) is 22.2. The SMILES string of the molecule is CCCC[C@H](NC(=O)OC(C)(C)C)C(O)CC(=O)O. The van der Waals surface area contributed by atoms with E-state index in [9.17, 15) is 14.7 Å². The van der Waals surface area contributed by atoms with Gasteiger partial charge in [-0.05, 0) is 27.2 Å². The van der Waals surface area contributed by atoms with Crippen molar-refractivity contribution in [1.29, 1.82) is 0 Å². The molecule has 1 amide bonds. The maximum atomic E-state index is 11.6. The van der Waals surface area contributed by atoms with Gasteiger partial charge >= 0.3 is 12.1 Å². The quantitative estimate of drug-likeness (QED) is 0.659. The Labute approximate surface area is 114 Å². The summed E-state index contributed by atoms with van der Waals surface area (Å²) in [6.45, 7) is 7.19. The van der Waals surface area contributed by atoms with Crippen LogP contribution >= 0.6 is 0 Å². The molecule has 3 N–H and O–H groups in total. The number of hydrogen-bond donors (Lipinski definition) is 3. The fourth-order valence-electron chi connectivity index (χ4n) is 1.56. The molecule has 112 valence electrons. The second-order valence-electron chi connectivity index (χ2n) is 5.56. The van der Waals surface area contributed by atoms with Gasteiger partial charge in [-0.2, -0.15) is 0 Å². The van der Waals surface area contributed by atoms with Crippen molar-refractivity contribution in [1.82, 2.24) is 5.32 Å². The number of aliphatic hydroxyl groups excluding tert-OH is 1. The number of nitrogens with one attached hydrogen (secondary N) is 1. The third-order valence-electron chi connectivity index (χ3n) is 2.42. The molecule has 0 fully saturated rings. The number of carbonyl (C=O) groups is 2. The third-order valence-corrected chi connectivity index (χ3v) is 2.42. The zero-order chi connectivity index (χ0) is 15.1. The van der Waals surface area contributed by atoms with Gasteiger partial charge in [0.2, 0.25) is 0 Å². The lowest BCUT2D eigenvalue weighted by molar-refractivity contribution is -0.139. The van der Waals surface area contributed by atoms with Crippen LogP contribution in [-0.4, -0.2) is 40.0 Å². The summed E-state index contributed by atoms with van der Waals surface area (Å²) in [6, 6.07) is -0.606. The number of aliphatic hydroxyl groups is 1. The normalized spacial score (nSPS) is 14.6. The van der Waals surface area contributed by atoms with E-state index in [2.05, 4.69) is 5.32 Å². The van der Waals surface area contributed by atoms with E-state index in [0.717, 1.165) is 12.8 Å². The lowest BCUT2D eigenvalue weighted by Gasteiger charge is -2.26. The number of carboxylic acid groups (broad SMARTS) is 1. The molecular formula is C13H25NO5. The number of carboxylic acids is 1. The fraction of sp³-hybridized carbons (Fsp3) is 0.846. The summed E-state index contributed by atoms with van der Waals surface area (Å²) in [6.07, 6.45) is 0.0484. The molecule has 0 bridgehead atoms. The van der Waals surface area contributed by atoms with E-state index < -0.39 is 36.2 Å². The van der Waals surface area contributed by atoms with Crippen molar-refractivity contribution < 1.29 is 24.5 Å². The largest absolute Gasteiger partial charge is 0.481 e. The van der Waals surface area contributed by atoms with Crippen molar-refractivity contribution in [3.8, 4) is 0 Å². The zero-order valence-electron chi connectivity index (χ0n) is 12.1. The molecule has 0 aromatic heterocycles. The number of aliphatic carboxylic acids is 1. The lowest BCUT2D eigenvalue weighted by Crippen LogP contribution is -2.46. The molecule has 0 aliphatic rings. The number of ether oxygens (including phenoxy) is 1. The minimum atomic E-state index is -1.11. The molecule has 0 aliphatic carbocycles. The van der Waals surface area contributed by atoms with Crippen LogP contribution in [0.2, 0.25) is 0 Å². The Bertz CT molecular complexity index is 298. The Balaban J connectivity index is 4.49. The molecule has 0 aromatic carbocycles. The number of amides is 1. The van der Waals surface area contributed by atoms with Crippen molar-refractivity contribution in [3.63, 3.8) is 0 Å². The molecule has 0 saturated carbocycles. The minimum absolute atomic E-state index is 0.399. The predicted molar refractivity (Wildman–Crippen MR) is 70.9 cm³/mol. The van der Waals surface area contributed by atoms with Gasteiger partial charge in [-0.1, -0.05) is 19.8 Å². The maximum Gasteiger partial charge on any atom is 0.407 e. The van der Waals surface area contributed by atoms with Crippen molar-refractivity contribution in [3.05, 3.63) is 0 Å². The van der Waals surface area contributed by atoms with E-state index >= 15 is 0 Å². The maximum absolute atomic E-state index is 11.6. The van der Waals surface area contributed by atoms with Gasteiger partial charge in [0.1, 0.15) is 5.60 Å². The van der Waals surface area contributed by atoms with Crippen LogP contribution in [0.25, 0.3) is 0 Å². The molecule has 0 radical (unpaired) electrons. The predicted octanol–water partition coefficient (Wildman–Crippen LogP) is 1.91. The Morgan fingerprint density at radius 3 is 2.32 bits per heavy atom. The van der Waals surface area contributed by atoms with Gasteiger partial charge in [-0.25, -0.2) is 4.79 Å². The van der Waals surface area contributed by atoms with Gasteiger partial charge in [0.25, 0.3) is 0 Å². The average molecular weight is 275 g/mol. The average Bonchev–Trinajstić information content (AvgIpc) is 2.20. The fourth-order valence-corrected chi connectivity index (χ4v) is 1.56. The first-order chi connectivity index (χ1) is 8.65. The zero-order valence-corrected chi connectivity index (χ0v) is 12.1. The Kier molecular flexibility index (Phi) is 7.44. The van der Waals surface area contributed by atoms with Gasteiger partial charge < -0.3 is 20.3 Å². The molecule has 0 saturated heterocycles. The summed E-state index contributed by atoms with van der Waals surface area (Å²) in [5.41, 5.74) is -0.628. The molecule has 0 aliphatic heterocycles. The van der Waals surface area contributed by atoms with Crippen LogP contribution in [0, 0.1) is 0 Å². The van der Waals surface area contributed by atoms with Crippen molar-refractivity contribution in [2.75, 3.05) is 0 Å². The molecule has 0 aromatic rings. The van der Waals surface area contributed by atoms with Crippen molar-refractivity contribution >= 4 is 12.1 Å². The van der Waals surface area contributed by atoms with Crippen LogP contribution in [-0.2, 0) is 9.53 Å². The van der Waals surface area contributed by atoms with Crippen LogP contribution in [0.1, 0.15) is 53.4 Å². The number of alkyl carbamates (subject to hydrolysis) is 1. The first-order valence-electron chi connectivity index (χ1n) is 6.55. The van der Waals surface area contributed by atoms with E-state index in [1.54, 1.807) is 20.8 Å². The van der Waals surface area contributed by atoms with Gasteiger partial charge in [0.15, 0.2) is 0 Å². The van der Waals surface area contributed by atoms with Crippen LogP contribution in [0.15, 0.2) is 0 Å². The van der Waals surface area contributed by atoms with Crippen LogP contribution in [0.4, 0.5) is 4.79 Å². The summed E-state index contributed by atoms with van der Waals surface area (Å²) in [7, 11) is 0. The summed E-state index contributed by atoms with van der Waals surface area (Å²) >= 11 is 0. The highest BCUT2D eigenvalue weighted by Crippen LogP contribution is 2.11. The molecule has 0 spiro atoms. The number of unbranched alkanes of at least 4 members (excludes halogenated alkanes) is 1. The van der Waals surface area contributed by atoms with E-state index in [-0.39, 0.29) is 0 Å². The molecule has 19 heavy (non-hydrogen) atoms. The molecule has 1 unspecified atom stereocenters. The first-order valence-corrected chi connectivity index (χ1v) is 6.55. The number of hydrogen-bond acceptors (Lipinski definition) is 4. The van der Waals surface area contributed by atoms with Gasteiger partial charge in [0.05, 0.1) is 18.6 Å². The van der Waals surface area contributed by atoms with Crippen molar-refractivity contribution in [2.24, 2.45) is 0 Å². The van der Waals surface area contributed by atoms with Gasteiger partial charge in [0, 0.05) is 0 Å². The molecule has 2 atom stereocenters. The number of carbonyl (C=O) groups excluding carboxylic acids is 1. The monoisotopic (exact) mass is 275 g/mol. The highest BCUT2D eigenvalue weighted by atomic mass is 16.6. The third kappa shape index (κ3) is 9.30. The summed E-state index contributed by atoms with van der Waals surface area (Å²) in [5, 5.41) is 21.0. The van der Waals surface area contributed by atoms with Crippen LogP contribution in [0.5, 0.6) is 0 Å². The van der Waals surface area contributed by atoms with E-state index in [4.69, 9.17) is 9.84 Å². The summed E-state index contributed by atoms with van der Waals surface area (Å²) in [5.74, 6) is -1.10. The van der Waals surface area contributed by atoms with Crippen LogP contribution < -0.4 is 5.32 Å². The van der Waals surface area contributed by atoms with E-state index in [1.807, 2.05) is 6.92 Å². The van der Waals surface area contributed by atoms with E-state index in [1.165, 1.54) is 0 Å². The topological polar surface area (TPSA) is 95.9 Å². The lowest BCUT2D eigenvalue weighted by atomic mass is 10.0. The number of rotatable bonds is 7. The Hall–Kier alpha value is -1.30. The standard InChI is InChI=1S/C13H25NO5/c1-5-6-7-9(10(15)8-11(16)17)14-12(18)19-13(2,3)4/h9-10,15H,5-8H2,1-4H3,(H,14,18)(H,16,17)/t9-,10?/m0/s1. The Morgan fingerprint density at radius 1 is 1.32 bits per heavy atom. The van der Waals surface area contributed by atoms with Crippen LogP contribution in [0.3, 0.4) is 0 Å². The van der Waals surface area contributed by atoms with Gasteiger partial charge in [-0.15, -0.1) is 0 Å². The molecule has 0 rings (SSSR count). The second-order valence-corrected chi connectivity index (χ2v) is 5.56. The molecule has 6 nitrogen and oxygen atoms in total. The highest BCUT2D eigenvalue weighted by molar-refractivity contribution is 5.69. The van der Waals surface area contributed by atoms with E-state index in [0.29, 0.717) is 6.42 Å². The molecular weight excluding hydrogens is 250 g/mol. The highest BCUT2D eigenvalue weighted by Gasteiger charge is 2.25. The molecule has 6 heteroatoms. The second kappa shape index (κ2) is 7.99. The summed E-state index contributed by atoms with van der Waals surface area (Å²) < 4.78 is 5.09. The Morgan fingerprint density at radius 2 is 1.89 bits per heavy atom. The van der Waals surface area contributed by atoms with Gasteiger partial charge in [-0.3, -0.25) is 4.79 Å². The smallest absolute Gasteiger partial charge is 0.407 e. The minimum Gasteiger partial charge on any atom is -0.481 e. The first kappa shape index (κ1) is 17.7. The van der Waals surface area contributed by atoms with Crippen molar-refractivity contribution in [2.45, 2.75) is 71.1 Å².